The molecule has 1 aliphatic rings. The van der Waals surface area contributed by atoms with E-state index in [0.29, 0.717) is 0 Å². The van der Waals surface area contributed by atoms with Gasteiger partial charge in [-0.25, -0.2) is 0 Å². The van der Waals surface area contributed by atoms with Gasteiger partial charge in [-0.3, -0.25) is 0 Å². The molecule has 0 nitrogen and oxygen atoms in total. The first-order valence-corrected chi connectivity index (χ1v) is 4.49. The smallest absolute Gasteiger partial charge is 0.00473 e. The summed E-state index contributed by atoms with van der Waals surface area (Å²) in [7, 11) is 0. The van der Waals surface area contributed by atoms with Crippen LogP contribution in [-0.2, 0) is 0 Å². The fourth-order valence-corrected chi connectivity index (χ4v) is 2.61. The fraction of sp³-hybridized carbons (Fsp3) is 1.00. The predicted octanol–water partition coefficient (Wildman–Crippen LogP) is 2.54. The molecular weight excluding hydrogens is 116 g/mol. The van der Waals surface area contributed by atoms with Gasteiger partial charge in [-0.1, -0.05) is 13.8 Å². The third-order valence-electron chi connectivity index (χ3n) is 1.74. The maximum atomic E-state index is 2.35. The van der Waals surface area contributed by atoms with E-state index < -0.39 is 0 Å². The van der Waals surface area contributed by atoms with Gasteiger partial charge in [0.2, 0.25) is 0 Å². The lowest BCUT2D eigenvalue weighted by Crippen LogP contribution is -1.95. The lowest BCUT2D eigenvalue weighted by Gasteiger charge is -2.01. The standard InChI is InChI=1S/C7H14S/c1-3-7-4-6(2)5-8-7/h6-7H,3-5H2,1-2H3/t6-,7-/m1/s1. The lowest BCUT2D eigenvalue weighted by atomic mass is 10.1. The first-order chi connectivity index (χ1) is 3.83. The summed E-state index contributed by atoms with van der Waals surface area (Å²) in [6, 6.07) is 0. The molecule has 48 valence electrons. The van der Waals surface area contributed by atoms with Gasteiger partial charge in [0.25, 0.3) is 0 Å². The van der Waals surface area contributed by atoms with Crippen LogP contribution in [0, 0.1) is 5.92 Å². The van der Waals surface area contributed by atoms with Crippen molar-refractivity contribution in [1.29, 1.82) is 0 Å². The van der Waals surface area contributed by atoms with Crippen molar-refractivity contribution >= 4 is 11.8 Å². The minimum absolute atomic E-state index is 0.991. The van der Waals surface area contributed by atoms with E-state index in [-0.39, 0.29) is 0 Å². The van der Waals surface area contributed by atoms with Crippen molar-refractivity contribution in [3.8, 4) is 0 Å². The Morgan fingerprint density at radius 3 is 2.62 bits per heavy atom. The second kappa shape index (κ2) is 2.77. The van der Waals surface area contributed by atoms with Crippen LogP contribution < -0.4 is 0 Å². The summed E-state index contributed by atoms with van der Waals surface area (Å²) >= 11 is 2.15. The van der Waals surface area contributed by atoms with E-state index in [0.717, 1.165) is 11.2 Å². The zero-order chi connectivity index (χ0) is 5.98. The fourth-order valence-electron chi connectivity index (χ4n) is 1.17. The van der Waals surface area contributed by atoms with Gasteiger partial charge in [0.05, 0.1) is 0 Å². The molecule has 0 radical (unpaired) electrons. The predicted molar refractivity (Wildman–Crippen MR) is 40.3 cm³/mol. The molecule has 1 heterocycles. The van der Waals surface area contributed by atoms with E-state index in [4.69, 9.17) is 0 Å². The molecule has 2 atom stereocenters. The lowest BCUT2D eigenvalue weighted by molar-refractivity contribution is 0.601. The topological polar surface area (TPSA) is 0 Å². The van der Waals surface area contributed by atoms with E-state index in [1.807, 2.05) is 0 Å². The molecule has 0 bridgehead atoms. The average Bonchev–Trinajstić information content (AvgIpc) is 2.14. The zero-order valence-corrected chi connectivity index (χ0v) is 6.50. The summed E-state index contributed by atoms with van der Waals surface area (Å²) in [6.07, 6.45) is 2.83. The molecule has 0 spiro atoms. The highest BCUT2D eigenvalue weighted by Gasteiger charge is 2.19. The normalized spacial score (nSPS) is 38.2. The van der Waals surface area contributed by atoms with Gasteiger partial charge in [0, 0.05) is 5.25 Å². The Balaban J connectivity index is 2.22. The van der Waals surface area contributed by atoms with Gasteiger partial charge in [0.15, 0.2) is 0 Å². The summed E-state index contributed by atoms with van der Waals surface area (Å²) in [5, 5.41) is 0.991. The van der Waals surface area contributed by atoms with Crippen LogP contribution in [0.1, 0.15) is 26.7 Å². The molecule has 1 fully saturated rings. The third kappa shape index (κ3) is 1.41. The molecule has 0 saturated carbocycles. The molecule has 0 amide bonds. The molecule has 0 unspecified atom stereocenters. The Morgan fingerprint density at radius 2 is 2.38 bits per heavy atom. The van der Waals surface area contributed by atoms with E-state index in [2.05, 4.69) is 25.6 Å². The van der Waals surface area contributed by atoms with Gasteiger partial charge < -0.3 is 0 Å². The maximum absolute atomic E-state index is 2.35. The van der Waals surface area contributed by atoms with Crippen LogP contribution in [0.5, 0.6) is 0 Å². The van der Waals surface area contributed by atoms with Crippen molar-refractivity contribution < 1.29 is 0 Å². The summed E-state index contributed by atoms with van der Waals surface area (Å²) < 4.78 is 0. The SMILES string of the molecule is CC[C@@H]1C[C@@H](C)CS1. The van der Waals surface area contributed by atoms with E-state index in [1.165, 1.54) is 18.6 Å². The molecule has 0 N–H and O–H groups in total. The van der Waals surface area contributed by atoms with Crippen molar-refractivity contribution in [3.63, 3.8) is 0 Å². The quantitative estimate of drug-likeness (QED) is 0.525. The number of thioether (sulfide) groups is 1. The maximum Gasteiger partial charge on any atom is 0.00473 e. The highest BCUT2D eigenvalue weighted by atomic mass is 32.2. The first-order valence-electron chi connectivity index (χ1n) is 3.44. The van der Waals surface area contributed by atoms with Gasteiger partial charge in [-0.2, -0.15) is 11.8 Å². The van der Waals surface area contributed by atoms with Crippen LogP contribution in [0.3, 0.4) is 0 Å². The Morgan fingerprint density at radius 1 is 1.62 bits per heavy atom. The second-order valence-electron chi connectivity index (χ2n) is 2.70. The highest BCUT2D eigenvalue weighted by Crippen LogP contribution is 2.32. The second-order valence-corrected chi connectivity index (χ2v) is 4.04. The summed E-state index contributed by atoms with van der Waals surface area (Å²) in [4.78, 5) is 0. The van der Waals surface area contributed by atoms with Crippen molar-refractivity contribution in [2.45, 2.75) is 31.9 Å². The van der Waals surface area contributed by atoms with Gasteiger partial charge in [-0.15, -0.1) is 0 Å². The van der Waals surface area contributed by atoms with Crippen molar-refractivity contribution in [2.75, 3.05) is 5.75 Å². The minimum atomic E-state index is 0.991. The molecule has 1 saturated heterocycles. The van der Waals surface area contributed by atoms with Crippen LogP contribution in [-0.4, -0.2) is 11.0 Å². The van der Waals surface area contributed by atoms with Crippen LogP contribution in [0.25, 0.3) is 0 Å². The Labute approximate surface area is 56.0 Å². The molecule has 0 aromatic carbocycles. The molecule has 1 rings (SSSR count). The minimum Gasteiger partial charge on any atom is -0.158 e. The Hall–Kier alpha value is 0.350. The van der Waals surface area contributed by atoms with E-state index in [9.17, 15) is 0 Å². The van der Waals surface area contributed by atoms with Gasteiger partial charge in [-0.05, 0) is 24.5 Å². The molecule has 8 heavy (non-hydrogen) atoms. The van der Waals surface area contributed by atoms with Crippen LogP contribution >= 0.6 is 11.8 Å². The molecule has 0 aromatic heterocycles. The summed E-state index contributed by atoms with van der Waals surface area (Å²) in [6.45, 7) is 4.64. The summed E-state index contributed by atoms with van der Waals surface area (Å²) in [5.74, 6) is 2.39. The van der Waals surface area contributed by atoms with Gasteiger partial charge in [0.1, 0.15) is 0 Å². The number of hydrogen-bond acceptors (Lipinski definition) is 1. The average molecular weight is 130 g/mol. The Kier molecular flexibility index (Phi) is 2.24. The van der Waals surface area contributed by atoms with Crippen molar-refractivity contribution in [1.82, 2.24) is 0 Å². The largest absolute Gasteiger partial charge is 0.158 e. The molecule has 1 heteroatoms. The Bertz CT molecular complexity index is 70.8. The van der Waals surface area contributed by atoms with Crippen LogP contribution in [0.15, 0.2) is 0 Å². The molecule has 1 aliphatic heterocycles. The van der Waals surface area contributed by atoms with Crippen molar-refractivity contribution in [3.05, 3.63) is 0 Å². The van der Waals surface area contributed by atoms with Crippen LogP contribution in [0.4, 0.5) is 0 Å². The van der Waals surface area contributed by atoms with Gasteiger partial charge >= 0.3 is 0 Å². The zero-order valence-electron chi connectivity index (χ0n) is 5.68. The van der Waals surface area contributed by atoms with E-state index >= 15 is 0 Å². The first kappa shape index (κ1) is 6.47. The number of hydrogen-bond donors (Lipinski definition) is 0. The summed E-state index contributed by atoms with van der Waals surface area (Å²) in [5.41, 5.74) is 0. The molecule has 0 aromatic rings. The highest BCUT2D eigenvalue weighted by molar-refractivity contribution is 8.00. The van der Waals surface area contributed by atoms with Crippen molar-refractivity contribution in [2.24, 2.45) is 5.92 Å². The van der Waals surface area contributed by atoms with E-state index in [1.54, 1.807) is 0 Å². The number of rotatable bonds is 1. The molecular formula is C7H14S. The van der Waals surface area contributed by atoms with Crippen LogP contribution in [0.2, 0.25) is 0 Å². The monoisotopic (exact) mass is 130 g/mol. The third-order valence-corrected chi connectivity index (χ3v) is 3.50. The molecule has 0 aliphatic carbocycles.